The van der Waals surface area contributed by atoms with Crippen LogP contribution in [0, 0.1) is 5.82 Å². The molecule has 0 saturated heterocycles. The lowest BCUT2D eigenvalue weighted by Crippen LogP contribution is -2.20. The van der Waals surface area contributed by atoms with E-state index >= 15 is 0 Å². The highest BCUT2D eigenvalue weighted by Crippen LogP contribution is 2.17. The SMILES string of the molecule is O=C(/C=C/c1ccccc1Br)NCc1ccc(-n2ccnc2)c(F)c1. The molecule has 0 atom stereocenters. The van der Waals surface area contributed by atoms with Gasteiger partial charge >= 0.3 is 0 Å². The average Bonchev–Trinajstić information content (AvgIpc) is 3.13. The smallest absolute Gasteiger partial charge is 0.244 e. The summed E-state index contributed by atoms with van der Waals surface area (Å²) in [5.41, 5.74) is 2.01. The van der Waals surface area contributed by atoms with Gasteiger partial charge in [-0.3, -0.25) is 4.79 Å². The molecule has 0 unspecified atom stereocenters. The number of amides is 1. The zero-order chi connectivity index (χ0) is 17.6. The van der Waals surface area contributed by atoms with E-state index in [1.807, 2.05) is 24.3 Å². The van der Waals surface area contributed by atoms with Crippen molar-refractivity contribution in [2.24, 2.45) is 0 Å². The largest absolute Gasteiger partial charge is 0.348 e. The number of nitrogens with zero attached hydrogens (tertiary/aromatic N) is 2. The van der Waals surface area contributed by atoms with Crippen molar-refractivity contribution in [2.75, 3.05) is 0 Å². The van der Waals surface area contributed by atoms with E-state index in [0.717, 1.165) is 10.0 Å². The standard InChI is InChI=1S/C19H15BrFN3O/c20-16-4-2-1-3-15(16)6-8-19(25)23-12-14-5-7-18(17(21)11-14)24-10-9-22-13-24/h1-11,13H,12H2,(H,23,25)/b8-6+. The summed E-state index contributed by atoms with van der Waals surface area (Å²) >= 11 is 3.42. The predicted molar refractivity (Wildman–Crippen MR) is 98.5 cm³/mol. The Kier molecular flexibility index (Phi) is 5.40. The molecule has 1 N–H and O–H groups in total. The molecule has 0 saturated carbocycles. The number of aromatic nitrogens is 2. The van der Waals surface area contributed by atoms with Crippen LogP contribution < -0.4 is 5.32 Å². The zero-order valence-corrected chi connectivity index (χ0v) is 14.8. The Hall–Kier alpha value is -2.73. The van der Waals surface area contributed by atoms with Gasteiger partial charge in [-0.1, -0.05) is 40.2 Å². The number of carbonyl (C=O) groups is 1. The van der Waals surface area contributed by atoms with Gasteiger partial charge in [0.05, 0.1) is 12.0 Å². The minimum atomic E-state index is -0.367. The highest BCUT2D eigenvalue weighted by atomic mass is 79.9. The van der Waals surface area contributed by atoms with Gasteiger partial charge < -0.3 is 9.88 Å². The van der Waals surface area contributed by atoms with E-state index < -0.39 is 0 Å². The van der Waals surface area contributed by atoms with Crippen molar-refractivity contribution in [1.82, 2.24) is 14.9 Å². The normalized spacial score (nSPS) is 11.0. The first-order valence-corrected chi connectivity index (χ1v) is 8.40. The molecule has 126 valence electrons. The lowest BCUT2D eigenvalue weighted by molar-refractivity contribution is -0.116. The van der Waals surface area contributed by atoms with Gasteiger partial charge in [0.1, 0.15) is 5.82 Å². The first-order chi connectivity index (χ1) is 12.1. The van der Waals surface area contributed by atoms with Crippen molar-refractivity contribution >= 4 is 27.9 Å². The average molecular weight is 400 g/mol. The van der Waals surface area contributed by atoms with Crippen molar-refractivity contribution in [2.45, 2.75) is 6.54 Å². The molecule has 0 aliphatic rings. The number of nitrogens with one attached hydrogen (secondary N) is 1. The summed E-state index contributed by atoms with van der Waals surface area (Å²) in [7, 11) is 0. The highest BCUT2D eigenvalue weighted by molar-refractivity contribution is 9.10. The van der Waals surface area contributed by atoms with Crippen LogP contribution in [0.3, 0.4) is 0 Å². The van der Waals surface area contributed by atoms with E-state index in [0.29, 0.717) is 11.3 Å². The summed E-state index contributed by atoms with van der Waals surface area (Å²) in [5, 5.41) is 2.74. The first kappa shape index (κ1) is 17.1. The van der Waals surface area contributed by atoms with Gasteiger partial charge in [-0.25, -0.2) is 9.37 Å². The summed E-state index contributed by atoms with van der Waals surface area (Å²) in [6.45, 7) is 0.250. The molecule has 6 heteroatoms. The summed E-state index contributed by atoms with van der Waals surface area (Å²) < 4.78 is 16.7. The third-order valence-electron chi connectivity index (χ3n) is 3.58. The Bertz CT molecular complexity index is 907. The summed E-state index contributed by atoms with van der Waals surface area (Å²) in [6, 6.07) is 12.5. The lowest BCUT2D eigenvalue weighted by Gasteiger charge is -2.07. The number of hydrogen-bond acceptors (Lipinski definition) is 2. The Labute approximate surface area is 153 Å². The van der Waals surface area contributed by atoms with E-state index in [-0.39, 0.29) is 18.3 Å². The topological polar surface area (TPSA) is 46.9 Å². The second kappa shape index (κ2) is 7.90. The Morgan fingerprint density at radius 1 is 1.28 bits per heavy atom. The molecular weight excluding hydrogens is 385 g/mol. The number of rotatable bonds is 5. The molecule has 3 rings (SSSR count). The number of halogens is 2. The second-order valence-corrected chi connectivity index (χ2v) is 6.18. The molecule has 0 radical (unpaired) electrons. The zero-order valence-electron chi connectivity index (χ0n) is 13.2. The van der Waals surface area contributed by atoms with Crippen LogP contribution in [0.4, 0.5) is 4.39 Å². The third-order valence-corrected chi connectivity index (χ3v) is 4.30. The quantitative estimate of drug-likeness (QED) is 0.656. The van der Waals surface area contributed by atoms with Crippen molar-refractivity contribution in [1.29, 1.82) is 0 Å². The van der Waals surface area contributed by atoms with Gasteiger partial charge in [0, 0.05) is 29.5 Å². The molecule has 0 aliphatic carbocycles. The van der Waals surface area contributed by atoms with Crippen molar-refractivity contribution in [3.8, 4) is 5.69 Å². The Balaban J connectivity index is 1.61. The summed E-state index contributed by atoms with van der Waals surface area (Å²) in [4.78, 5) is 15.8. The van der Waals surface area contributed by atoms with E-state index in [2.05, 4.69) is 26.2 Å². The van der Waals surface area contributed by atoms with Crippen LogP contribution in [0.5, 0.6) is 0 Å². The van der Waals surface area contributed by atoms with E-state index in [1.54, 1.807) is 35.2 Å². The summed E-state index contributed by atoms with van der Waals surface area (Å²) in [5.74, 6) is -0.608. The molecular formula is C19H15BrFN3O. The molecule has 0 bridgehead atoms. The fourth-order valence-electron chi connectivity index (χ4n) is 2.30. The van der Waals surface area contributed by atoms with Gasteiger partial charge in [0.25, 0.3) is 0 Å². The highest BCUT2D eigenvalue weighted by Gasteiger charge is 2.06. The molecule has 2 aromatic carbocycles. The van der Waals surface area contributed by atoms with E-state index in [1.165, 1.54) is 18.5 Å². The van der Waals surface area contributed by atoms with Gasteiger partial charge in [-0.05, 0) is 35.4 Å². The van der Waals surface area contributed by atoms with Crippen LogP contribution in [0.2, 0.25) is 0 Å². The number of hydrogen-bond donors (Lipinski definition) is 1. The van der Waals surface area contributed by atoms with Gasteiger partial charge in [0.15, 0.2) is 0 Å². The Morgan fingerprint density at radius 3 is 2.84 bits per heavy atom. The molecule has 4 nitrogen and oxygen atoms in total. The number of benzene rings is 2. The summed E-state index contributed by atoms with van der Waals surface area (Å²) in [6.07, 6.45) is 7.97. The van der Waals surface area contributed by atoms with Gasteiger partial charge in [0.2, 0.25) is 5.91 Å². The van der Waals surface area contributed by atoms with E-state index in [9.17, 15) is 9.18 Å². The van der Waals surface area contributed by atoms with Crippen LogP contribution in [-0.4, -0.2) is 15.5 Å². The predicted octanol–water partition coefficient (Wildman–Crippen LogP) is 4.10. The maximum Gasteiger partial charge on any atom is 0.244 e. The van der Waals surface area contributed by atoms with Crippen LogP contribution in [-0.2, 0) is 11.3 Å². The van der Waals surface area contributed by atoms with Crippen molar-refractivity contribution < 1.29 is 9.18 Å². The first-order valence-electron chi connectivity index (χ1n) is 7.60. The number of carbonyl (C=O) groups excluding carboxylic acids is 1. The molecule has 3 aromatic rings. The molecule has 1 aromatic heterocycles. The molecule has 0 aliphatic heterocycles. The lowest BCUT2D eigenvalue weighted by atomic mass is 10.2. The van der Waals surface area contributed by atoms with Crippen LogP contribution in [0.25, 0.3) is 11.8 Å². The molecule has 25 heavy (non-hydrogen) atoms. The van der Waals surface area contributed by atoms with Crippen molar-refractivity contribution in [3.63, 3.8) is 0 Å². The maximum absolute atomic E-state index is 14.2. The molecule has 0 fully saturated rings. The van der Waals surface area contributed by atoms with Crippen LogP contribution >= 0.6 is 15.9 Å². The maximum atomic E-state index is 14.2. The van der Waals surface area contributed by atoms with Crippen molar-refractivity contribution in [3.05, 3.63) is 88.7 Å². The Morgan fingerprint density at radius 2 is 2.12 bits per heavy atom. The van der Waals surface area contributed by atoms with Gasteiger partial charge in [-0.15, -0.1) is 0 Å². The van der Waals surface area contributed by atoms with E-state index in [4.69, 9.17) is 0 Å². The fraction of sp³-hybridized carbons (Fsp3) is 0.0526. The monoisotopic (exact) mass is 399 g/mol. The number of imidazole rings is 1. The molecule has 1 heterocycles. The molecule has 1 amide bonds. The fourth-order valence-corrected chi connectivity index (χ4v) is 2.71. The molecule has 0 spiro atoms. The third kappa shape index (κ3) is 4.42. The minimum Gasteiger partial charge on any atom is -0.348 e. The minimum absolute atomic E-state index is 0.241. The second-order valence-electron chi connectivity index (χ2n) is 5.33. The van der Waals surface area contributed by atoms with Gasteiger partial charge in [-0.2, -0.15) is 0 Å². The van der Waals surface area contributed by atoms with Crippen LogP contribution in [0.15, 0.2) is 71.7 Å². The van der Waals surface area contributed by atoms with Crippen LogP contribution in [0.1, 0.15) is 11.1 Å².